The largest absolute Gasteiger partial charge is 0.478 e. The SMILES string of the molecule is Cc1cc(C(CC(c2ccc(-c3ccc(C(=O)O)cc3)cc2)C2(C)C=CC=CC2C)N=O)ccn1. The number of carboxylic acid groups (broad SMARTS) is 1. The minimum atomic E-state index is -0.936. The zero-order valence-corrected chi connectivity index (χ0v) is 20.3. The summed E-state index contributed by atoms with van der Waals surface area (Å²) in [7, 11) is 0. The van der Waals surface area contributed by atoms with E-state index in [4.69, 9.17) is 5.11 Å². The Hall–Kier alpha value is -3.86. The number of aryl methyl sites for hydroxylation is 1. The number of rotatable bonds is 8. The Morgan fingerprint density at radius 2 is 1.69 bits per heavy atom. The highest BCUT2D eigenvalue weighted by molar-refractivity contribution is 5.88. The van der Waals surface area contributed by atoms with Crippen molar-refractivity contribution in [1.29, 1.82) is 0 Å². The Bertz CT molecular complexity index is 1260. The molecule has 2 aromatic carbocycles. The van der Waals surface area contributed by atoms with Crippen LogP contribution in [-0.2, 0) is 0 Å². The van der Waals surface area contributed by atoms with Gasteiger partial charge in [-0.1, -0.05) is 79.7 Å². The lowest BCUT2D eigenvalue weighted by Gasteiger charge is -2.42. The van der Waals surface area contributed by atoms with Crippen LogP contribution in [0.3, 0.4) is 0 Å². The maximum atomic E-state index is 12.0. The number of nitrogens with zero attached hydrogens (tertiary/aromatic N) is 2. The molecule has 4 unspecified atom stereocenters. The number of benzene rings is 2. The molecule has 4 rings (SSSR count). The van der Waals surface area contributed by atoms with E-state index in [1.165, 1.54) is 0 Å². The number of carboxylic acids is 1. The summed E-state index contributed by atoms with van der Waals surface area (Å²) in [6, 6.07) is 18.6. The number of carbonyl (C=O) groups is 1. The summed E-state index contributed by atoms with van der Waals surface area (Å²) in [5.74, 6) is -0.597. The first-order valence-electron chi connectivity index (χ1n) is 11.9. The zero-order chi connectivity index (χ0) is 25.0. The maximum Gasteiger partial charge on any atom is 0.335 e. The molecular formula is C30H30N2O3. The third-order valence-corrected chi connectivity index (χ3v) is 7.37. The summed E-state index contributed by atoms with van der Waals surface area (Å²) in [6.45, 7) is 6.38. The number of aromatic nitrogens is 1. The minimum Gasteiger partial charge on any atom is -0.478 e. The smallest absolute Gasteiger partial charge is 0.335 e. The first kappa shape index (κ1) is 24.3. The van der Waals surface area contributed by atoms with Crippen molar-refractivity contribution in [1.82, 2.24) is 4.98 Å². The average Bonchev–Trinajstić information content (AvgIpc) is 2.87. The highest BCUT2D eigenvalue weighted by atomic mass is 16.4. The molecule has 5 heteroatoms. The first-order chi connectivity index (χ1) is 16.8. The molecule has 5 nitrogen and oxygen atoms in total. The lowest BCUT2D eigenvalue weighted by molar-refractivity contribution is 0.0697. The molecular weight excluding hydrogens is 436 g/mol. The minimum absolute atomic E-state index is 0.0540. The van der Waals surface area contributed by atoms with Gasteiger partial charge in [-0.15, -0.1) is 0 Å². The first-order valence-corrected chi connectivity index (χ1v) is 11.9. The molecule has 1 aliphatic carbocycles. The molecule has 0 saturated carbocycles. The van der Waals surface area contributed by atoms with Crippen molar-refractivity contribution in [2.75, 3.05) is 0 Å². The molecule has 0 saturated heterocycles. The molecule has 1 aliphatic rings. The van der Waals surface area contributed by atoms with Gasteiger partial charge in [0.1, 0.15) is 6.04 Å². The summed E-state index contributed by atoms with van der Waals surface area (Å²) in [5, 5.41) is 12.7. The fraction of sp³-hybridized carbons (Fsp3) is 0.267. The van der Waals surface area contributed by atoms with Gasteiger partial charge in [0.05, 0.1) is 5.56 Å². The monoisotopic (exact) mass is 466 g/mol. The average molecular weight is 467 g/mol. The summed E-state index contributed by atoms with van der Waals surface area (Å²) < 4.78 is 0. The van der Waals surface area contributed by atoms with E-state index >= 15 is 0 Å². The molecule has 0 radical (unpaired) electrons. The van der Waals surface area contributed by atoms with Crippen LogP contribution in [-0.4, -0.2) is 16.1 Å². The number of allylic oxidation sites excluding steroid dienone is 4. The summed E-state index contributed by atoms with van der Waals surface area (Å²) in [4.78, 5) is 27.5. The molecule has 0 aliphatic heterocycles. The van der Waals surface area contributed by atoms with Crippen molar-refractivity contribution in [3.05, 3.63) is 118 Å². The number of nitroso groups, excluding NO2 is 1. The third kappa shape index (κ3) is 5.14. The number of hydrogen-bond donors (Lipinski definition) is 1. The van der Waals surface area contributed by atoms with Gasteiger partial charge in [0.2, 0.25) is 0 Å². The summed E-state index contributed by atoms with van der Waals surface area (Å²) in [6.07, 6.45) is 10.9. The van der Waals surface area contributed by atoms with E-state index in [-0.39, 0.29) is 22.8 Å². The van der Waals surface area contributed by atoms with Gasteiger partial charge in [0, 0.05) is 11.9 Å². The van der Waals surface area contributed by atoms with Crippen LogP contribution in [0.5, 0.6) is 0 Å². The van der Waals surface area contributed by atoms with Crippen LogP contribution < -0.4 is 0 Å². The second kappa shape index (κ2) is 10.2. The molecule has 0 spiro atoms. The van der Waals surface area contributed by atoms with Gasteiger partial charge in [-0.3, -0.25) is 4.98 Å². The van der Waals surface area contributed by atoms with Gasteiger partial charge in [0.15, 0.2) is 0 Å². The highest BCUT2D eigenvalue weighted by Gasteiger charge is 2.39. The van der Waals surface area contributed by atoms with Gasteiger partial charge >= 0.3 is 5.97 Å². The zero-order valence-electron chi connectivity index (χ0n) is 20.3. The molecule has 4 atom stereocenters. The topological polar surface area (TPSA) is 79.6 Å². The van der Waals surface area contributed by atoms with E-state index in [0.29, 0.717) is 6.42 Å². The Balaban J connectivity index is 1.69. The van der Waals surface area contributed by atoms with Gasteiger partial charge in [-0.2, -0.15) is 4.91 Å². The maximum absolute atomic E-state index is 12.0. The van der Waals surface area contributed by atoms with Gasteiger partial charge in [-0.25, -0.2) is 4.79 Å². The van der Waals surface area contributed by atoms with Gasteiger partial charge in [-0.05, 0) is 77.1 Å². The van der Waals surface area contributed by atoms with Crippen molar-refractivity contribution in [2.45, 2.75) is 39.2 Å². The van der Waals surface area contributed by atoms with E-state index in [2.05, 4.69) is 72.6 Å². The molecule has 1 heterocycles. The molecule has 1 N–H and O–H groups in total. The number of aromatic carboxylic acids is 1. The van der Waals surface area contributed by atoms with Crippen LogP contribution in [0.25, 0.3) is 11.1 Å². The van der Waals surface area contributed by atoms with Crippen LogP contribution in [0, 0.1) is 23.2 Å². The Kier molecular flexibility index (Phi) is 7.06. The van der Waals surface area contributed by atoms with Crippen molar-refractivity contribution in [2.24, 2.45) is 16.5 Å². The van der Waals surface area contributed by atoms with Crippen LogP contribution >= 0.6 is 0 Å². The lowest BCUT2D eigenvalue weighted by atomic mass is 9.62. The number of hydrogen-bond acceptors (Lipinski definition) is 4. The molecule has 35 heavy (non-hydrogen) atoms. The molecule has 0 fully saturated rings. The van der Waals surface area contributed by atoms with Crippen LogP contribution in [0.4, 0.5) is 0 Å². The van der Waals surface area contributed by atoms with E-state index < -0.39 is 12.0 Å². The summed E-state index contributed by atoms with van der Waals surface area (Å²) >= 11 is 0. The molecule has 0 bridgehead atoms. The van der Waals surface area contributed by atoms with Crippen molar-refractivity contribution < 1.29 is 9.90 Å². The van der Waals surface area contributed by atoms with Crippen LogP contribution in [0.15, 0.2) is 96.3 Å². The quantitative estimate of drug-likeness (QED) is 0.348. The van der Waals surface area contributed by atoms with E-state index in [1.54, 1.807) is 18.3 Å². The van der Waals surface area contributed by atoms with Crippen molar-refractivity contribution in [3.63, 3.8) is 0 Å². The fourth-order valence-electron chi connectivity index (χ4n) is 4.99. The normalized spacial score (nSPS) is 20.8. The van der Waals surface area contributed by atoms with Crippen LogP contribution in [0.1, 0.15) is 59.4 Å². The fourth-order valence-corrected chi connectivity index (χ4v) is 4.99. The Labute approximate surface area is 206 Å². The predicted molar refractivity (Wildman–Crippen MR) is 139 cm³/mol. The lowest BCUT2D eigenvalue weighted by Crippen LogP contribution is -2.32. The second-order valence-corrected chi connectivity index (χ2v) is 9.54. The molecule has 3 aromatic rings. The highest BCUT2D eigenvalue weighted by Crippen LogP contribution is 2.50. The van der Waals surface area contributed by atoms with E-state index in [1.807, 2.05) is 31.2 Å². The second-order valence-electron chi connectivity index (χ2n) is 9.54. The number of pyridine rings is 1. The third-order valence-electron chi connectivity index (χ3n) is 7.37. The standard InChI is InChI=1S/C30H30N2O3/c1-20-6-4-5-16-30(20,3)27(19-28(32-35)26-15-17-31-21(2)18-26)24-11-7-22(8-12-24)23-9-13-25(14-10-23)29(33)34/h4-18,20,27-28H,19H2,1-3H3,(H,33,34). The van der Waals surface area contributed by atoms with E-state index in [9.17, 15) is 9.70 Å². The Morgan fingerprint density at radius 3 is 2.26 bits per heavy atom. The summed E-state index contributed by atoms with van der Waals surface area (Å²) in [5.41, 5.74) is 4.94. The molecule has 178 valence electrons. The molecule has 1 aromatic heterocycles. The van der Waals surface area contributed by atoms with Gasteiger partial charge < -0.3 is 5.11 Å². The van der Waals surface area contributed by atoms with Crippen molar-refractivity contribution in [3.8, 4) is 11.1 Å². The predicted octanol–water partition coefficient (Wildman–Crippen LogP) is 7.51. The Morgan fingerprint density at radius 1 is 1.03 bits per heavy atom. The van der Waals surface area contributed by atoms with Crippen molar-refractivity contribution >= 4 is 5.97 Å². The van der Waals surface area contributed by atoms with E-state index in [0.717, 1.165) is 27.9 Å². The molecule has 0 amide bonds. The van der Waals surface area contributed by atoms with Gasteiger partial charge in [0.25, 0.3) is 0 Å². The van der Waals surface area contributed by atoms with Crippen LogP contribution in [0.2, 0.25) is 0 Å².